The molecule has 0 amide bonds. The van der Waals surface area contributed by atoms with Crippen LogP contribution in [0.3, 0.4) is 0 Å². The molecule has 3 heteroatoms. The van der Waals surface area contributed by atoms with E-state index in [-0.39, 0.29) is 0 Å². The Bertz CT molecular complexity index is 281. The van der Waals surface area contributed by atoms with Crippen molar-refractivity contribution in [1.82, 2.24) is 4.98 Å². The quantitative estimate of drug-likeness (QED) is 0.466. The molecule has 0 unspecified atom stereocenters. The van der Waals surface area contributed by atoms with Gasteiger partial charge < -0.3 is 5.73 Å². The van der Waals surface area contributed by atoms with Crippen LogP contribution in [-0.2, 0) is 0 Å². The first-order valence-corrected chi connectivity index (χ1v) is 3.63. The summed E-state index contributed by atoms with van der Waals surface area (Å²) in [4.78, 5) is 3.86. The summed E-state index contributed by atoms with van der Waals surface area (Å²) < 4.78 is 0. The average molecular weight is 167 g/mol. The van der Waals surface area contributed by atoms with Gasteiger partial charge in [0.25, 0.3) is 0 Å². The second kappa shape index (κ2) is 3.85. The van der Waals surface area contributed by atoms with Crippen LogP contribution in [0.1, 0.15) is 5.56 Å². The normalized spacial score (nSPS) is 8.45. The molecule has 0 spiro atoms. The Balaban J connectivity index is 2.82. The van der Waals surface area contributed by atoms with Gasteiger partial charge in [0.15, 0.2) is 0 Å². The molecule has 1 aromatic rings. The molecule has 2 nitrogen and oxygen atoms in total. The van der Waals surface area contributed by atoms with Crippen LogP contribution in [0.4, 0.5) is 5.82 Å². The molecule has 0 aliphatic carbocycles. The summed E-state index contributed by atoms with van der Waals surface area (Å²) in [5, 5.41) is 0. The van der Waals surface area contributed by atoms with E-state index in [2.05, 4.69) is 16.8 Å². The summed E-state index contributed by atoms with van der Waals surface area (Å²) in [7, 11) is 0. The Morgan fingerprint density at radius 3 is 2.91 bits per heavy atom. The van der Waals surface area contributed by atoms with E-state index in [4.69, 9.17) is 17.3 Å². The first-order valence-electron chi connectivity index (χ1n) is 3.09. The van der Waals surface area contributed by atoms with E-state index in [9.17, 15) is 0 Å². The maximum atomic E-state index is 5.37. The van der Waals surface area contributed by atoms with Crippen molar-refractivity contribution in [3.05, 3.63) is 23.9 Å². The fourth-order valence-corrected chi connectivity index (χ4v) is 0.682. The predicted molar refractivity (Wildman–Crippen MR) is 46.2 cm³/mol. The highest BCUT2D eigenvalue weighted by Crippen LogP contribution is 1.98. The van der Waals surface area contributed by atoms with Crippen molar-refractivity contribution in [2.24, 2.45) is 0 Å². The van der Waals surface area contributed by atoms with Gasteiger partial charge in [0.1, 0.15) is 5.82 Å². The molecule has 56 valence electrons. The van der Waals surface area contributed by atoms with Crippen LogP contribution < -0.4 is 5.73 Å². The summed E-state index contributed by atoms with van der Waals surface area (Å²) in [6, 6.07) is 3.51. The van der Waals surface area contributed by atoms with Gasteiger partial charge in [-0.2, -0.15) is 0 Å². The number of halogens is 1. The van der Waals surface area contributed by atoms with Gasteiger partial charge in [-0.25, -0.2) is 4.98 Å². The van der Waals surface area contributed by atoms with Crippen molar-refractivity contribution >= 4 is 17.4 Å². The summed E-state index contributed by atoms with van der Waals surface area (Å²) in [6.45, 7) is 0. The molecule has 0 aliphatic heterocycles. The van der Waals surface area contributed by atoms with E-state index < -0.39 is 0 Å². The smallest absolute Gasteiger partial charge is 0.123 e. The molecule has 0 bridgehead atoms. The van der Waals surface area contributed by atoms with Crippen LogP contribution in [0.2, 0.25) is 0 Å². The van der Waals surface area contributed by atoms with Crippen molar-refractivity contribution in [3.63, 3.8) is 0 Å². The van der Waals surface area contributed by atoms with Crippen LogP contribution >= 0.6 is 11.6 Å². The number of anilines is 1. The Morgan fingerprint density at radius 1 is 1.55 bits per heavy atom. The Morgan fingerprint density at radius 2 is 2.36 bits per heavy atom. The third-order valence-corrected chi connectivity index (χ3v) is 1.22. The minimum Gasteiger partial charge on any atom is -0.384 e. The molecule has 1 heterocycles. The standard InChI is InChI=1S/C8H7ClN2/c9-5-1-2-7-3-4-8(10)11-6-7/h3-4,6H,5H2,(H2,10,11). The molecule has 1 aromatic heterocycles. The number of aromatic nitrogens is 1. The first kappa shape index (κ1) is 7.90. The highest BCUT2D eigenvalue weighted by Gasteiger charge is 1.85. The monoisotopic (exact) mass is 166 g/mol. The topological polar surface area (TPSA) is 38.9 Å². The molecule has 2 N–H and O–H groups in total. The second-order valence-corrected chi connectivity index (χ2v) is 2.17. The predicted octanol–water partition coefficient (Wildman–Crippen LogP) is 1.25. The molecule has 1 rings (SSSR count). The summed E-state index contributed by atoms with van der Waals surface area (Å²) in [5.41, 5.74) is 6.20. The van der Waals surface area contributed by atoms with Gasteiger partial charge >= 0.3 is 0 Å². The fourth-order valence-electron chi connectivity index (χ4n) is 0.615. The summed E-state index contributed by atoms with van der Waals surface area (Å²) in [5.74, 6) is 6.38. The lowest BCUT2D eigenvalue weighted by Crippen LogP contribution is -1.88. The number of nitrogens with two attached hydrogens (primary N) is 1. The fraction of sp³-hybridized carbons (Fsp3) is 0.125. The Labute approximate surface area is 70.4 Å². The van der Waals surface area contributed by atoms with Crippen molar-refractivity contribution in [1.29, 1.82) is 0 Å². The lowest BCUT2D eigenvalue weighted by atomic mass is 10.3. The third kappa shape index (κ3) is 2.48. The average Bonchev–Trinajstić information content (AvgIpc) is 2.04. The molecule has 0 aliphatic rings. The molecule has 11 heavy (non-hydrogen) atoms. The van der Waals surface area contributed by atoms with Gasteiger partial charge in [-0.1, -0.05) is 11.8 Å². The minimum atomic E-state index is 0.338. The SMILES string of the molecule is Nc1ccc(C#CCCl)cn1. The largest absolute Gasteiger partial charge is 0.384 e. The lowest BCUT2D eigenvalue weighted by Gasteiger charge is -1.89. The number of nitrogen functional groups attached to an aromatic ring is 1. The van der Waals surface area contributed by atoms with Crippen molar-refractivity contribution < 1.29 is 0 Å². The van der Waals surface area contributed by atoms with Gasteiger partial charge in [-0.05, 0) is 12.1 Å². The van der Waals surface area contributed by atoms with Crippen molar-refractivity contribution in [2.75, 3.05) is 11.6 Å². The molecular formula is C8H7ClN2. The van der Waals surface area contributed by atoms with Gasteiger partial charge in [0.05, 0.1) is 5.88 Å². The van der Waals surface area contributed by atoms with E-state index in [1.54, 1.807) is 12.3 Å². The Hall–Kier alpha value is -1.20. The zero-order valence-corrected chi connectivity index (χ0v) is 6.60. The number of hydrogen-bond donors (Lipinski definition) is 1. The summed E-state index contributed by atoms with van der Waals surface area (Å²) >= 11 is 5.36. The van der Waals surface area contributed by atoms with Gasteiger partial charge in [0, 0.05) is 11.8 Å². The summed E-state index contributed by atoms with van der Waals surface area (Å²) in [6.07, 6.45) is 1.62. The Kier molecular flexibility index (Phi) is 2.76. The van der Waals surface area contributed by atoms with Gasteiger partial charge in [0.2, 0.25) is 0 Å². The molecular weight excluding hydrogens is 160 g/mol. The highest BCUT2D eigenvalue weighted by molar-refractivity contribution is 6.19. The van der Waals surface area contributed by atoms with Gasteiger partial charge in [-0.15, -0.1) is 11.6 Å². The van der Waals surface area contributed by atoms with Crippen molar-refractivity contribution in [2.45, 2.75) is 0 Å². The van der Waals surface area contributed by atoms with E-state index in [0.29, 0.717) is 11.7 Å². The molecule has 0 aromatic carbocycles. The number of hydrogen-bond acceptors (Lipinski definition) is 2. The van der Waals surface area contributed by atoms with Gasteiger partial charge in [-0.3, -0.25) is 0 Å². The number of alkyl halides is 1. The zero-order chi connectivity index (χ0) is 8.10. The van der Waals surface area contributed by atoms with E-state index in [1.165, 1.54) is 0 Å². The first-order chi connectivity index (χ1) is 5.33. The third-order valence-electron chi connectivity index (χ3n) is 1.09. The number of pyridine rings is 1. The number of nitrogens with zero attached hydrogens (tertiary/aromatic N) is 1. The van der Waals surface area contributed by atoms with E-state index in [0.717, 1.165) is 5.56 Å². The van der Waals surface area contributed by atoms with Crippen LogP contribution in [-0.4, -0.2) is 10.9 Å². The molecule has 0 fully saturated rings. The van der Waals surface area contributed by atoms with Crippen molar-refractivity contribution in [3.8, 4) is 11.8 Å². The molecule has 0 radical (unpaired) electrons. The van der Waals surface area contributed by atoms with Crippen LogP contribution in [0.15, 0.2) is 18.3 Å². The van der Waals surface area contributed by atoms with Crippen LogP contribution in [0.5, 0.6) is 0 Å². The number of rotatable bonds is 0. The maximum absolute atomic E-state index is 5.37. The highest BCUT2D eigenvalue weighted by atomic mass is 35.5. The van der Waals surface area contributed by atoms with E-state index >= 15 is 0 Å². The molecule has 0 saturated carbocycles. The van der Waals surface area contributed by atoms with Crippen LogP contribution in [0, 0.1) is 11.8 Å². The maximum Gasteiger partial charge on any atom is 0.123 e. The second-order valence-electron chi connectivity index (χ2n) is 1.91. The lowest BCUT2D eigenvalue weighted by molar-refractivity contribution is 1.32. The molecule has 0 atom stereocenters. The minimum absolute atomic E-state index is 0.338. The zero-order valence-electron chi connectivity index (χ0n) is 5.84. The van der Waals surface area contributed by atoms with E-state index in [1.807, 2.05) is 6.07 Å². The van der Waals surface area contributed by atoms with Crippen LogP contribution in [0.25, 0.3) is 0 Å². The molecule has 0 saturated heterocycles.